The van der Waals surface area contributed by atoms with Crippen molar-refractivity contribution in [1.82, 2.24) is 9.78 Å². The number of para-hydroxylation sites is 1. The summed E-state index contributed by atoms with van der Waals surface area (Å²) in [5.74, 6) is -0.0298. The minimum atomic E-state index is -3.21. The number of amides is 1. The molecule has 3 heterocycles. The maximum Gasteiger partial charge on any atom is 0.266 e. The molecule has 0 saturated heterocycles. The lowest BCUT2D eigenvalue weighted by atomic mass is 10.2. The molecule has 0 fully saturated rings. The van der Waals surface area contributed by atoms with E-state index < -0.39 is 9.84 Å². The van der Waals surface area contributed by atoms with Gasteiger partial charge >= 0.3 is 0 Å². The number of hydrogen-bond acceptors (Lipinski definition) is 5. The molecule has 1 aliphatic heterocycles. The third kappa shape index (κ3) is 2.87. The molecule has 3 aromatic rings. The molecule has 0 radical (unpaired) electrons. The maximum absolute atomic E-state index is 12.5. The van der Waals surface area contributed by atoms with Crippen LogP contribution in [0.1, 0.15) is 26.5 Å². The van der Waals surface area contributed by atoms with Crippen LogP contribution >= 0.6 is 11.3 Å². The molecule has 1 aromatic carbocycles. The van der Waals surface area contributed by atoms with Gasteiger partial charge in [0.05, 0.1) is 27.8 Å². The third-order valence-electron chi connectivity index (χ3n) is 4.11. The standard InChI is InChI=1S/C17H15N3O3S2/c1-11-5-2-3-6-14(11)20-16(18-17(21)15-7-4-8-24-15)12-9-25(22,23)10-13(12)19-20/h2-8H,9-10H2,1H3,(H,18,21). The van der Waals surface area contributed by atoms with Crippen molar-refractivity contribution in [2.24, 2.45) is 0 Å². The Bertz CT molecular complexity index is 1070. The Kier molecular flexibility index (Phi) is 3.73. The highest BCUT2D eigenvalue weighted by molar-refractivity contribution is 7.90. The van der Waals surface area contributed by atoms with Gasteiger partial charge in [-0.1, -0.05) is 24.3 Å². The van der Waals surface area contributed by atoms with Crippen LogP contribution in [0, 0.1) is 6.92 Å². The monoisotopic (exact) mass is 373 g/mol. The first kappa shape index (κ1) is 16.0. The fourth-order valence-electron chi connectivity index (χ4n) is 2.92. The average Bonchev–Trinajstić information content (AvgIpc) is 3.24. The fraction of sp³-hybridized carbons (Fsp3) is 0.176. The SMILES string of the molecule is Cc1ccccc1-n1nc2c(c1NC(=O)c1cccs1)CS(=O)(=O)C2. The van der Waals surface area contributed by atoms with Gasteiger partial charge in [0.25, 0.3) is 5.91 Å². The summed E-state index contributed by atoms with van der Waals surface area (Å²) in [6.07, 6.45) is 0. The van der Waals surface area contributed by atoms with Crippen LogP contribution < -0.4 is 5.32 Å². The molecule has 4 rings (SSSR count). The van der Waals surface area contributed by atoms with Crippen molar-refractivity contribution in [2.45, 2.75) is 18.4 Å². The van der Waals surface area contributed by atoms with Crippen molar-refractivity contribution in [3.63, 3.8) is 0 Å². The Morgan fingerprint density at radius 1 is 1.20 bits per heavy atom. The number of carbonyl (C=O) groups excluding carboxylic acids is 1. The van der Waals surface area contributed by atoms with Gasteiger partial charge in [0.2, 0.25) is 0 Å². The first-order valence-electron chi connectivity index (χ1n) is 7.67. The lowest BCUT2D eigenvalue weighted by Crippen LogP contribution is -2.16. The van der Waals surface area contributed by atoms with Gasteiger partial charge in [-0.25, -0.2) is 13.1 Å². The van der Waals surface area contributed by atoms with Gasteiger partial charge in [-0.3, -0.25) is 4.79 Å². The average molecular weight is 373 g/mol. The molecular weight excluding hydrogens is 358 g/mol. The number of anilines is 1. The first-order chi connectivity index (χ1) is 11.9. The number of rotatable bonds is 3. The van der Waals surface area contributed by atoms with Gasteiger partial charge in [-0.15, -0.1) is 11.3 Å². The molecule has 6 nitrogen and oxygen atoms in total. The molecule has 0 unspecified atom stereocenters. The molecule has 1 amide bonds. The van der Waals surface area contributed by atoms with E-state index in [0.717, 1.165) is 11.3 Å². The topological polar surface area (TPSA) is 81.1 Å². The van der Waals surface area contributed by atoms with Crippen molar-refractivity contribution >= 4 is 32.9 Å². The van der Waals surface area contributed by atoms with Gasteiger partial charge in [-0.05, 0) is 30.0 Å². The molecule has 0 aliphatic carbocycles. The van der Waals surface area contributed by atoms with Crippen LogP contribution in [0.15, 0.2) is 41.8 Å². The van der Waals surface area contributed by atoms with E-state index in [1.165, 1.54) is 11.3 Å². The van der Waals surface area contributed by atoms with Crippen molar-refractivity contribution in [2.75, 3.05) is 5.32 Å². The zero-order valence-electron chi connectivity index (χ0n) is 13.4. The number of sulfone groups is 1. The summed E-state index contributed by atoms with van der Waals surface area (Å²) in [5.41, 5.74) is 2.88. The molecule has 128 valence electrons. The summed E-state index contributed by atoms with van der Waals surface area (Å²) in [6, 6.07) is 11.2. The van der Waals surface area contributed by atoms with Crippen molar-refractivity contribution in [3.05, 3.63) is 63.5 Å². The summed E-state index contributed by atoms with van der Waals surface area (Å²) in [7, 11) is -3.21. The number of hydrogen-bond donors (Lipinski definition) is 1. The van der Waals surface area contributed by atoms with Crippen LogP contribution in [0.5, 0.6) is 0 Å². The van der Waals surface area contributed by atoms with Crippen molar-refractivity contribution in [3.8, 4) is 5.69 Å². The van der Waals surface area contributed by atoms with Gasteiger partial charge in [0.15, 0.2) is 9.84 Å². The number of nitrogens with zero attached hydrogens (tertiary/aromatic N) is 2. The van der Waals surface area contributed by atoms with E-state index in [1.807, 2.05) is 36.6 Å². The Morgan fingerprint density at radius 2 is 2.00 bits per heavy atom. The van der Waals surface area contributed by atoms with E-state index in [0.29, 0.717) is 22.0 Å². The number of aryl methyl sites for hydroxylation is 1. The minimum Gasteiger partial charge on any atom is -0.305 e. The number of nitrogens with one attached hydrogen (secondary N) is 1. The van der Waals surface area contributed by atoms with Gasteiger partial charge in [0.1, 0.15) is 5.82 Å². The number of aromatic nitrogens is 2. The zero-order valence-corrected chi connectivity index (χ0v) is 15.0. The van der Waals surface area contributed by atoms with Gasteiger partial charge in [-0.2, -0.15) is 5.10 Å². The van der Waals surface area contributed by atoms with Gasteiger partial charge in [0, 0.05) is 5.56 Å². The molecule has 0 saturated carbocycles. The highest BCUT2D eigenvalue weighted by Crippen LogP contribution is 2.34. The normalized spacial score (nSPS) is 15.1. The summed E-state index contributed by atoms with van der Waals surface area (Å²) in [6.45, 7) is 1.95. The second-order valence-corrected chi connectivity index (χ2v) is 8.95. The molecule has 1 aliphatic rings. The minimum absolute atomic E-state index is 0.0942. The van der Waals surface area contributed by atoms with Crippen molar-refractivity contribution < 1.29 is 13.2 Å². The fourth-order valence-corrected chi connectivity index (χ4v) is 5.04. The van der Waals surface area contributed by atoms with E-state index in [9.17, 15) is 13.2 Å². The first-order valence-corrected chi connectivity index (χ1v) is 10.4. The van der Waals surface area contributed by atoms with E-state index in [4.69, 9.17) is 0 Å². The molecule has 25 heavy (non-hydrogen) atoms. The Labute approximate surface area is 149 Å². The van der Waals surface area contributed by atoms with Gasteiger partial charge < -0.3 is 5.32 Å². The van der Waals surface area contributed by atoms with Crippen LogP contribution in [0.25, 0.3) is 5.69 Å². The lowest BCUT2D eigenvalue weighted by molar-refractivity contribution is 0.102. The number of thiophene rings is 1. The molecule has 1 N–H and O–H groups in total. The van der Waals surface area contributed by atoms with Crippen LogP contribution in [-0.4, -0.2) is 24.1 Å². The summed E-state index contributed by atoms with van der Waals surface area (Å²) >= 11 is 1.33. The number of fused-ring (bicyclic) bond motifs is 1. The van der Waals surface area contributed by atoms with Crippen molar-refractivity contribution in [1.29, 1.82) is 0 Å². The second kappa shape index (κ2) is 5.82. The summed E-state index contributed by atoms with van der Waals surface area (Å²) < 4.78 is 25.6. The Morgan fingerprint density at radius 3 is 2.72 bits per heavy atom. The Hall–Kier alpha value is -2.45. The highest BCUT2D eigenvalue weighted by Gasteiger charge is 2.33. The highest BCUT2D eigenvalue weighted by atomic mass is 32.2. The largest absolute Gasteiger partial charge is 0.305 e. The number of benzene rings is 1. The van der Waals surface area contributed by atoms with E-state index in [2.05, 4.69) is 10.4 Å². The molecular formula is C17H15N3O3S2. The second-order valence-electron chi connectivity index (χ2n) is 5.94. The summed E-state index contributed by atoms with van der Waals surface area (Å²) in [5, 5.41) is 9.16. The quantitative estimate of drug-likeness (QED) is 0.765. The zero-order chi connectivity index (χ0) is 17.6. The van der Waals surface area contributed by atoms with E-state index >= 15 is 0 Å². The number of carbonyl (C=O) groups is 1. The maximum atomic E-state index is 12.5. The van der Waals surface area contributed by atoms with Crippen LogP contribution in [0.2, 0.25) is 0 Å². The predicted octanol–water partition coefficient (Wildman–Crippen LogP) is 2.92. The van der Waals surface area contributed by atoms with Crippen LogP contribution in [0.4, 0.5) is 5.82 Å². The van der Waals surface area contributed by atoms with E-state index in [-0.39, 0.29) is 17.4 Å². The van der Waals surface area contributed by atoms with Crippen LogP contribution in [0.3, 0.4) is 0 Å². The molecule has 2 aromatic heterocycles. The lowest BCUT2D eigenvalue weighted by Gasteiger charge is -2.12. The molecule has 0 bridgehead atoms. The third-order valence-corrected chi connectivity index (χ3v) is 6.42. The van der Waals surface area contributed by atoms with Crippen LogP contribution in [-0.2, 0) is 21.3 Å². The Balaban J connectivity index is 1.83. The van der Waals surface area contributed by atoms with E-state index in [1.54, 1.807) is 16.8 Å². The predicted molar refractivity (Wildman–Crippen MR) is 96.9 cm³/mol. The molecule has 8 heteroatoms. The molecule has 0 spiro atoms. The molecule has 0 atom stereocenters. The smallest absolute Gasteiger partial charge is 0.266 e. The summed E-state index contributed by atoms with van der Waals surface area (Å²) in [4.78, 5) is 13.1.